The van der Waals surface area contributed by atoms with E-state index in [1.807, 2.05) is 0 Å². The fraction of sp³-hybridized carbons (Fsp3) is 0.182. The van der Waals surface area contributed by atoms with Gasteiger partial charge >= 0.3 is 6.18 Å². The minimum atomic E-state index is -4.48. The summed E-state index contributed by atoms with van der Waals surface area (Å²) in [7, 11) is -3.94. The van der Waals surface area contributed by atoms with E-state index in [9.17, 15) is 21.6 Å². The molecule has 0 spiro atoms. The zero-order valence-corrected chi connectivity index (χ0v) is 11.3. The monoisotopic (exact) mass is 320 g/mol. The Bertz CT molecular complexity index is 740. The van der Waals surface area contributed by atoms with Crippen LogP contribution in [0, 0.1) is 0 Å². The molecule has 1 heterocycles. The molecule has 0 aliphatic heterocycles. The average Bonchev–Trinajstić information content (AvgIpc) is 2.83. The minimum absolute atomic E-state index is 0.147. The second kappa shape index (κ2) is 5.37. The summed E-state index contributed by atoms with van der Waals surface area (Å²) >= 11 is 0. The number of nitrogens with two attached hydrogens (primary N) is 1. The Morgan fingerprint density at radius 3 is 2.62 bits per heavy atom. The Labute approximate surface area is 118 Å². The van der Waals surface area contributed by atoms with Crippen molar-refractivity contribution in [2.24, 2.45) is 0 Å². The number of nitrogens with one attached hydrogen (secondary N) is 2. The smallest absolute Gasteiger partial charge is 0.383 e. The molecular formula is C11H11F3N4O2S. The predicted molar refractivity (Wildman–Crippen MR) is 68.5 cm³/mol. The summed E-state index contributed by atoms with van der Waals surface area (Å²) in [5.41, 5.74) is 4.72. The Hall–Kier alpha value is -2.07. The molecule has 0 fully saturated rings. The first kappa shape index (κ1) is 15.3. The zero-order chi connectivity index (χ0) is 15.7. The number of nitrogens with zero attached hydrogens (tertiary/aromatic N) is 1. The Morgan fingerprint density at radius 2 is 2.05 bits per heavy atom. The predicted octanol–water partition coefficient (Wildman–Crippen LogP) is 1.49. The van der Waals surface area contributed by atoms with Crippen molar-refractivity contribution >= 4 is 15.8 Å². The number of hydrogen-bond donors (Lipinski definition) is 3. The minimum Gasteiger partial charge on any atom is -0.383 e. The third kappa shape index (κ3) is 3.52. The van der Waals surface area contributed by atoms with E-state index in [1.54, 1.807) is 0 Å². The first-order valence-corrected chi connectivity index (χ1v) is 7.13. The summed E-state index contributed by atoms with van der Waals surface area (Å²) in [4.78, 5) is -0.255. The highest BCUT2D eigenvalue weighted by atomic mass is 32.2. The summed E-state index contributed by atoms with van der Waals surface area (Å²) in [6.07, 6.45) is -3.46. The van der Waals surface area contributed by atoms with Crippen LogP contribution < -0.4 is 10.5 Å². The molecule has 0 bridgehead atoms. The number of rotatable bonds is 4. The molecule has 0 unspecified atom stereocenters. The second-order valence-corrected chi connectivity index (χ2v) is 5.91. The van der Waals surface area contributed by atoms with Crippen molar-refractivity contribution in [2.75, 3.05) is 5.73 Å². The molecule has 2 rings (SSSR count). The quantitative estimate of drug-likeness (QED) is 0.794. The number of benzene rings is 1. The van der Waals surface area contributed by atoms with Crippen molar-refractivity contribution in [3.05, 3.63) is 41.6 Å². The van der Waals surface area contributed by atoms with Crippen LogP contribution in [-0.2, 0) is 22.7 Å². The van der Waals surface area contributed by atoms with Crippen LogP contribution in [0.2, 0.25) is 0 Å². The summed E-state index contributed by atoms with van der Waals surface area (Å²) < 4.78 is 63.6. The molecule has 1 aromatic heterocycles. The highest BCUT2D eigenvalue weighted by Crippen LogP contribution is 2.29. The van der Waals surface area contributed by atoms with E-state index in [0.29, 0.717) is 0 Å². The second-order valence-electron chi connectivity index (χ2n) is 4.17. The van der Waals surface area contributed by atoms with Gasteiger partial charge in [-0.15, -0.1) is 0 Å². The summed E-state index contributed by atoms with van der Waals surface area (Å²) in [5.74, 6) is -0.147. The molecule has 0 radical (unpaired) electrons. The van der Waals surface area contributed by atoms with Crippen LogP contribution in [-0.4, -0.2) is 18.6 Å². The van der Waals surface area contributed by atoms with Crippen molar-refractivity contribution in [1.29, 1.82) is 0 Å². The van der Waals surface area contributed by atoms with E-state index in [1.165, 1.54) is 12.1 Å². The van der Waals surface area contributed by atoms with Gasteiger partial charge in [0.2, 0.25) is 10.0 Å². The summed E-state index contributed by atoms with van der Waals surface area (Å²) in [5, 5.41) is 5.73. The number of alkyl halides is 3. The van der Waals surface area contributed by atoms with Crippen LogP contribution >= 0.6 is 0 Å². The van der Waals surface area contributed by atoms with Gasteiger partial charge in [0.05, 0.1) is 11.8 Å². The number of nitrogen functional groups attached to an aromatic ring is 1. The van der Waals surface area contributed by atoms with Gasteiger partial charge in [-0.3, -0.25) is 5.10 Å². The van der Waals surface area contributed by atoms with Crippen LogP contribution in [0.4, 0.5) is 19.0 Å². The van der Waals surface area contributed by atoms with Gasteiger partial charge in [0.15, 0.2) is 0 Å². The molecule has 0 aliphatic carbocycles. The molecule has 4 N–H and O–H groups in total. The highest BCUT2D eigenvalue weighted by molar-refractivity contribution is 7.89. The van der Waals surface area contributed by atoms with E-state index >= 15 is 0 Å². The Kier molecular flexibility index (Phi) is 3.92. The number of aromatic nitrogens is 2. The molecule has 114 valence electrons. The lowest BCUT2D eigenvalue weighted by Gasteiger charge is -2.09. The number of anilines is 1. The van der Waals surface area contributed by atoms with Gasteiger partial charge in [-0.1, -0.05) is 18.2 Å². The van der Waals surface area contributed by atoms with Gasteiger partial charge in [-0.05, 0) is 11.6 Å². The molecule has 1 aromatic carbocycles. The summed E-state index contributed by atoms with van der Waals surface area (Å²) in [6.45, 7) is -0.295. The molecule has 0 aliphatic rings. The van der Waals surface area contributed by atoms with Crippen molar-refractivity contribution in [2.45, 2.75) is 17.6 Å². The first-order valence-electron chi connectivity index (χ1n) is 5.65. The van der Waals surface area contributed by atoms with Gasteiger partial charge in [0.25, 0.3) is 0 Å². The lowest BCUT2D eigenvalue weighted by molar-refractivity contribution is -0.137. The van der Waals surface area contributed by atoms with E-state index < -0.39 is 21.8 Å². The molecule has 6 nitrogen and oxygen atoms in total. The average molecular weight is 320 g/mol. The highest BCUT2D eigenvalue weighted by Gasteiger charge is 2.30. The Balaban J connectivity index is 2.16. The number of halogens is 3. The van der Waals surface area contributed by atoms with Crippen molar-refractivity contribution in [3.8, 4) is 0 Å². The Morgan fingerprint density at radius 1 is 1.33 bits per heavy atom. The number of aromatic amines is 1. The van der Waals surface area contributed by atoms with Crippen LogP contribution in [0.5, 0.6) is 0 Å². The van der Waals surface area contributed by atoms with Crippen LogP contribution in [0.3, 0.4) is 0 Å². The van der Waals surface area contributed by atoms with Gasteiger partial charge in [0.1, 0.15) is 10.7 Å². The lowest BCUT2D eigenvalue weighted by atomic mass is 10.1. The molecule has 0 saturated carbocycles. The maximum absolute atomic E-state index is 12.6. The molecular weight excluding hydrogens is 309 g/mol. The molecule has 10 heteroatoms. The first-order chi connectivity index (χ1) is 9.70. The van der Waals surface area contributed by atoms with E-state index in [0.717, 1.165) is 18.3 Å². The topological polar surface area (TPSA) is 101 Å². The van der Waals surface area contributed by atoms with Crippen molar-refractivity contribution in [3.63, 3.8) is 0 Å². The maximum atomic E-state index is 12.6. The van der Waals surface area contributed by atoms with Crippen LogP contribution in [0.1, 0.15) is 11.1 Å². The van der Waals surface area contributed by atoms with Crippen LogP contribution in [0.25, 0.3) is 0 Å². The fourth-order valence-corrected chi connectivity index (χ4v) is 2.65. The molecule has 21 heavy (non-hydrogen) atoms. The summed E-state index contributed by atoms with van der Waals surface area (Å²) in [6, 6.07) is 4.38. The third-order valence-corrected chi connectivity index (χ3v) is 4.07. The normalized spacial score (nSPS) is 12.5. The number of sulfonamides is 1. The largest absolute Gasteiger partial charge is 0.416 e. The zero-order valence-electron chi connectivity index (χ0n) is 10.5. The van der Waals surface area contributed by atoms with Gasteiger partial charge in [-0.2, -0.15) is 18.3 Å². The number of H-pyrrole nitrogens is 1. The van der Waals surface area contributed by atoms with E-state index in [-0.39, 0.29) is 22.8 Å². The molecule has 0 amide bonds. The standard InChI is InChI=1S/C11H11F3N4O2S/c12-11(13,14)8-3-1-2-7(4-8)5-17-21(19,20)9-6-16-18-10(9)15/h1-4,6,17H,5H2,(H3,15,16,18). The SMILES string of the molecule is Nc1[nH]ncc1S(=O)(=O)NCc1cccc(C(F)(F)F)c1. The van der Waals surface area contributed by atoms with Crippen molar-refractivity contribution < 1.29 is 21.6 Å². The lowest BCUT2D eigenvalue weighted by Crippen LogP contribution is -2.23. The van der Waals surface area contributed by atoms with Gasteiger partial charge in [0, 0.05) is 6.54 Å². The van der Waals surface area contributed by atoms with E-state index in [4.69, 9.17) is 5.73 Å². The molecule has 0 atom stereocenters. The van der Waals surface area contributed by atoms with Crippen LogP contribution in [0.15, 0.2) is 35.4 Å². The van der Waals surface area contributed by atoms with Gasteiger partial charge < -0.3 is 5.73 Å². The third-order valence-electron chi connectivity index (χ3n) is 2.64. The van der Waals surface area contributed by atoms with Gasteiger partial charge in [-0.25, -0.2) is 13.1 Å². The number of hydrogen-bond acceptors (Lipinski definition) is 4. The van der Waals surface area contributed by atoms with Crippen molar-refractivity contribution in [1.82, 2.24) is 14.9 Å². The fourth-order valence-electron chi connectivity index (χ4n) is 1.61. The molecule has 0 saturated heterocycles. The molecule has 2 aromatic rings. The van der Waals surface area contributed by atoms with E-state index in [2.05, 4.69) is 14.9 Å². The maximum Gasteiger partial charge on any atom is 0.416 e.